The van der Waals surface area contributed by atoms with E-state index >= 15 is 0 Å². The maximum absolute atomic E-state index is 12.6. The molecule has 6 nitrogen and oxygen atoms in total. The van der Waals surface area contributed by atoms with Crippen molar-refractivity contribution in [2.45, 2.75) is 19.8 Å². The second-order valence-electron chi connectivity index (χ2n) is 6.56. The molecule has 0 aliphatic heterocycles. The Bertz CT molecular complexity index is 1010. The van der Waals surface area contributed by atoms with E-state index in [4.69, 9.17) is 27.9 Å². The third-order valence-corrected chi connectivity index (χ3v) is 5.00. The highest BCUT2D eigenvalue weighted by molar-refractivity contribution is 6.30. The summed E-state index contributed by atoms with van der Waals surface area (Å²) in [6.45, 7) is 1.94. The molecule has 0 amide bonds. The Labute approximate surface area is 184 Å². The zero-order valence-corrected chi connectivity index (χ0v) is 17.7. The van der Waals surface area contributed by atoms with Gasteiger partial charge in [0.05, 0.1) is 17.8 Å². The number of hydrogen-bond acceptors (Lipinski definition) is 5. The van der Waals surface area contributed by atoms with Gasteiger partial charge in [-0.3, -0.25) is 0 Å². The highest BCUT2D eigenvalue weighted by Gasteiger charge is 2.29. The van der Waals surface area contributed by atoms with Crippen molar-refractivity contribution >= 4 is 46.5 Å². The van der Waals surface area contributed by atoms with Crippen molar-refractivity contribution in [3.8, 4) is 0 Å². The quantitative estimate of drug-likeness (QED) is 0.488. The van der Waals surface area contributed by atoms with Crippen molar-refractivity contribution in [1.29, 1.82) is 0 Å². The van der Waals surface area contributed by atoms with E-state index in [2.05, 4.69) is 10.6 Å². The standard InChI is InChI=1S/C22H20Cl2N2O4/c1-2-30-22(29)18-12-19(25-15-7-3-13(23)4-8-15)17(21(27)28)11-20(18)26-16-9-5-14(24)6-10-16/h3-10,25-26H,2,11-12H2,1H3,(H,27,28). The topological polar surface area (TPSA) is 87.7 Å². The number of anilines is 2. The largest absolute Gasteiger partial charge is 0.478 e. The van der Waals surface area contributed by atoms with Crippen LogP contribution in [0.2, 0.25) is 10.0 Å². The van der Waals surface area contributed by atoms with E-state index in [1.54, 1.807) is 55.5 Å². The molecule has 0 heterocycles. The summed E-state index contributed by atoms with van der Waals surface area (Å²) in [7, 11) is 0. The molecular weight excluding hydrogens is 427 g/mol. The number of carbonyl (C=O) groups is 2. The Morgan fingerprint density at radius 1 is 0.867 bits per heavy atom. The Morgan fingerprint density at radius 2 is 1.30 bits per heavy atom. The van der Waals surface area contributed by atoms with Gasteiger partial charge in [0, 0.05) is 45.7 Å². The van der Waals surface area contributed by atoms with E-state index in [9.17, 15) is 14.7 Å². The number of hydrogen-bond donors (Lipinski definition) is 3. The lowest BCUT2D eigenvalue weighted by atomic mass is 9.92. The molecule has 3 rings (SSSR count). The fourth-order valence-electron chi connectivity index (χ4n) is 3.05. The molecule has 1 aliphatic carbocycles. The number of nitrogens with one attached hydrogen (secondary N) is 2. The van der Waals surface area contributed by atoms with Crippen LogP contribution >= 0.6 is 23.2 Å². The number of carbonyl (C=O) groups excluding carboxylic acids is 1. The maximum atomic E-state index is 12.6. The molecule has 0 saturated heterocycles. The first-order valence-corrected chi connectivity index (χ1v) is 10.0. The Kier molecular flexibility index (Phi) is 7.03. The lowest BCUT2D eigenvalue weighted by molar-refractivity contribution is -0.139. The SMILES string of the molecule is CCOC(=O)C1=C(Nc2ccc(Cl)cc2)CC(C(=O)O)=C(Nc2ccc(Cl)cc2)C1. The van der Waals surface area contributed by atoms with Gasteiger partial charge in [0.1, 0.15) is 0 Å². The van der Waals surface area contributed by atoms with Gasteiger partial charge in [-0.15, -0.1) is 0 Å². The van der Waals surface area contributed by atoms with Crippen molar-refractivity contribution in [3.63, 3.8) is 0 Å². The van der Waals surface area contributed by atoms with Crippen molar-refractivity contribution in [1.82, 2.24) is 0 Å². The zero-order chi connectivity index (χ0) is 21.7. The van der Waals surface area contributed by atoms with Gasteiger partial charge < -0.3 is 20.5 Å². The van der Waals surface area contributed by atoms with Gasteiger partial charge in [0.15, 0.2) is 0 Å². The molecule has 2 aromatic rings. The van der Waals surface area contributed by atoms with Crippen LogP contribution in [0, 0.1) is 0 Å². The minimum atomic E-state index is -1.07. The molecule has 0 aromatic heterocycles. The summed E-state index contributed by atoms with van der Waals surface area (Å²) in [5.74, 6) is -1.56. The first-order valence-electron chi connectivity index (χ1n) is 9.27. The number of rotatable bonds is 7. The fourth-order valence-corrected chi connectivity index (χ4v) is 3.30. The fraction of sp³-hybridized carbons (Fsp3) is 0.182. The highest BCUT2D eigenvalue weighted by atomic mass is 35.5. The molecule has 0 bridgehead atoms. The molecular formula is C22H20Cl2N2O4. The number of carboxylic acid groups (broad SMARTS) is 1. The number of halogens is 2. The van der Waals surface area contributed by atoms with Crippen LogP contribution < -0.4 is 10.6 Å². The molecule has 0 radical (unpaired) electrons. The van der Waals surface area contributed by atoms with E-state index in [-0.39, 0.29) is 25.0 Å². The second kappa shape index (κ2) is 9.69. The van der Waals surface area contributed by atoms with Gasteiger partial charge in [0.25, 0.3) is 0 Å². The molecule has 3 N–H and O–H groups in total. The lowest BCUT2D eigenvalue weighted by Gasteiger charge is -2.25. The number of carboxylic acids is 1. The van der Waals surface area contributed by atoms with Gasteiger partial charge in [-0.05, 0) is 55.5 Å². The summed E-state index contributed by atoms with van der Waals surface area (Å²) in [6.07, 6.45) is 0.112. The first kappa shape index (κ1) is 21.7. The minimum absolute atomic E-state index is 0.0298. The van der Waals surface area contributed by atoms with Crippen molar-refractivity contribution in [2.75, 3.05) is 17.2 Å². The van der Waals surface area contributed by atoms with Gasteiger partial charge in [0.2, 0.25) is 0 Å². The Morgan fingerprint density at radius 3 is 1.73 bits per heavy atom. The van der Waals surface area contributed by atoms with Crippen LogP contribution in [0.3, 0.4) is 0 Å². The molecule has 30 heavy (non-hydrogen) atoms. The molecule has 8 heteroatoms. The van der Waals surface area contributed by atoms with Gasteiger partial charge in [-0.1, -0.05) is 23.2 Å². The van der Waals surface area contributed by atoms with Crippen LogP contribution in [0.4, 0.5) is 11.4 Å². The minimum Gasteiger partial charge on any atom is -0.478 e. The third-order valence-electron chi connectivity index (χ3n) is 4.49. The molecule has 2 aromatic carbocycles. The second-order valence-corrected chi connectivity index (χ2v) is 7.43. The normalized spacial score (nSPS) is 13.8. The summed E-state index contributed by atoms with van der Waals surface area (Å²) < 4.78 is 5.21. The smallest absolute Gasteiger partial charge is 0.336 e. The van der Waals surface area contributed by atoms with Crippen LogP contribution in [-0.4, -0.2) is 23.7 Å². The summed E-state index contributed by atoms with van der Waals surface area (Å²) in [4.78, 5) is 24.6. The average Bonchev–Trinajstić information content (AvgIpc) is 2.72. The van der Waals surface area contributed by atoms with Crippen molar-refractivity contribution < 1.29 is 19.4 Å². The van der Waals surface area contributed by atoms with E-state index in [0.29, 0.717) is 38.4 Å². The van der Waals surface area contributed by atoms with Gasteiger partial charge >= 0.3 is 11.9 Å². The Hall–Kier alpha value is -2.96. The van der Waals surface area contributed by atoms with Gasteiger partial charge in [-0.2, -0.15) is 0 Å². The number of benzene rings is 2. The predicted octanol–water partition coefficient (Wildman–Crippen LogP) is 5.47. The molecule has 1 aliphatic rings. The molecule has 0 atom stereocenters. The molecule has 156 valence electrons. The molecule has 0 unspecified atom stereocenters. The predicted molar refractivity (Wildman–Crippen MR) is 118 cm³/mol. The average molecular weight is 447 g/mol. The number of ether oxygens (including phenoxy) is 1. The highest BCUT2D eigenvalue weighted by Crippen LogP contribution is 2.33. The van der Waals surface area contributed by atoms with Crippen LogP contribution in [0.1, 0.15) is 19.8 Å². The summed E-state index contributed by atoms with van der Waals surface area (Å²) in [6, 6.07) is 13.8. The Balaban J connectivity index is 1.94. The number of allylic oxidation sites excluding steroid dienone is 2. The van der Waals surface area contributed by atoms with E-state index in [1.807, 2.05) is 0 Å². The van der Waals surface area contributed by atoms with Crippen LogP contribution in [-0.2, 0) is 14.3 Å². The van der Waals surface area contributed by atoms with Crippen molar-refractivity contribution in [3.05, 3.63) is 81.1 Å². The number of aliphatic carboxylic acids is 1. The van der Waals surface area contributed by atoms with Gasteiger partial charge in [-0.25, -0.2) is 9.59 Å². The van der Waals surface area contributed by atoms with Crippen LogP contribution in [0.15, 0.2) is 71.1 Å². The van der Waals surface area contributed by atoms with Crippen molar-refractivity contribution in [2.24, 2.45) is 0 Å². The number of esters is 1. The summed E-state index contributed by atoms with van der Waals surface area (Å²) in [5, 5.41) is 17.2. The third kappa shape index (κ3) is 5.34. The molecule has 0 fully saturated rings. The maximum Gasteiger partial charge on any atom is 0.336 e. The molecule has 0 spiro atoms. The summed E-state index contributed by atoms with van der Waals surface area (Å²) in [5.41, 5.74) is 2.80. The zero-order valence-electron chi connectivity index (χ0n) is 16.2. The monoisotopic (exact) mass is 446 g/mol. The van der Waals surface area contributed by atoms with E-state index in [0.717, 1.165) is 0 Å². The van der Waals surface area contributed by atoms with Crippen LogP contribution in [0.5, 0.6) is 0 Å². The van der Waals surface area contributed by atoms with Crippen LogP contribution in [0.25, 0.3) is 0 Å². The van der Waals surface area contributed by atoms with E-state index in [1.165, 1.54) is 0 Å². The lowest BCUT2D eigenvalue weighted by Crippen LogP contribution is -2.24. The summed E-state index contributed by atoms with van der Waals surface area (Å²) >= 11 is 11.8. The first-order chi connectivity index (χ1) is 14.4. The molecule has 0 saturated carbocycles. The van der Waals surface area contributed by atoms with E-state index < -0.39 is 11.9 Å².